The van der Waals surface area contributed by atoms with Crippen molar-refractivity contribution >= 4 is 35.7 Å². The van der Waals surface area contributed by atoms with E-state index in [4.69, 9.17) is 21.4 Å². The van der Waals surface area contributed by atoms with Crippen LogP contribution in [0.1, 0.15) is 32.1 Å². The Labute approximate surface area is 201 Å². The predicted octanol–water partition coefficient (Wildman–Crippen LogP) is 1.06. The Bertz CT molecular complexity index is 945. The molecule has 0 saturated carbocycles. The second-order valence-corrected chi connectivity index (χ2v) is 7.23. The number of urea groups is 2. The molecular weight excluding hydrogens is 464 g/mol. The van der Waals surface area contributed by atoms with Gasteiger partial charge in [-0.1, -0.05) is 12.0 Å². The van der Waals surface area contributed by atoms with Gasteiger partial charge in [-0.15, -0.1) is 6.42 Å². The van der Waals surface area contributed by atoms with E-state index < -0.39 is 48.5 Å². The van der Waals surface area contributed by atoms with Crippen LogP contribution in [0.15, 0.2) is 24.3 Å². The number of carbonyl (C=O) groups is 5. The molecule has 0 aliphatic carbocycles. The van der Waals surface area contributed by atoms with Crippen molar-refractivity contribution in [2.45, 2.75) is 44.2 Å². The molecule has 1 aromatic carbocycles. The van der Waals surface area contributed by atoms with Crippen LogP contribution in [0.5, 0.6) is 5.75 Å². The van der Waals surface area contributed by atoms with Crippen molar-refractivity contribution in [1.82, 2.24) is 16.0 Å². The van der Waals surface area contributed by atoms with Crippen molar-refractivity contribution in [3.05, 3.63) is 24.3 Å². The molecule has 0 aliphatic heterocycles. The number of rotatable bonds is 15. The number of carboxylic acid groups (broad SMARTS) is 3. The quantitative estimate of drug-likeness (QED) is 0.138. The van der Waals surface area contributed by atoms with Gasteiger partial charge >= 0.3 is 30.0 Å². The largest absolute Gasteiger partial charge is 0.481 e. The monoisotopic (exact) mass is 492 g/mol. The standard InChI is InChI=1S/C22H28N4O9/c1-2-12-35-15-7-5-6-14(13-15)24-21(33)23-11-4-3-8-16(19(29)30)25-22(34)26-17(20(31)32)9-10-18(27)28/h1,5-7,13,16-17H,3-4,8-12H2,(H,27,28)(H,29,30)(H,31,32)(H2,23,24,33)(H2,25,26,34)/t16?,17-/m0/s1. The highest BCUT2D eigenvalue weighted by molar-refractivity contribution is 5.89. The number of carbonyl (C=O) groups excluding carboxylic acids is 2. The van der Waals surface area contributed by atoms with Gasteiger partial charge in [-0.25, -0.2) is 19.2 Å². The van der Waals surface area contributed by atoms with Crippen molar-refractivity contribution in [2.75, 3.05) is 18.5 Å². The molecule has 1 rings (SSSR count). The van der Waals surface area contributed by atoms with E-state index in [-0.39, 0.29) is 26.0 Å². The molecular formula is C22H28N4O9. The predicted molar refractivity (Wildman–Crippen MR) is 123 cm³/mol. The van der Waals surface area contributed by atoms with E-state index in [1.165, 1.54) is 0 Å². The first-order valence-corrected chi connectivity index (χ1v) is 10.6. The number of amides is 4. The number of benzene rings is 1. The van der Waals surface area contributed by atoms with Crippen LogP contribution in [0.25, 0.3) is 0 Å². The third-order valence-corrected chi connectivity index (χ3v) is 4.47. The van der Waals surface area contributed by atoms with Crippen LogP contribution in [0.3, 0.4) is 0 Å². The van der Waals surface area contributed by atoms with Gasteiger partial charge < -0.3 is 41.3 Å². The highest BCUT2D eigenvalue weighted by Gasteiger charge is 2.24. The van der Waals surface area contributed by atoms with Crippen molar-refractivity contribution < 1.29 is 44.0 Å². The van der Waals surface area contributed by atoms with Gasteiger partial charge in [0.1, 0.15) is 24.4 Å². The Balaban J connectivity index is 2.39. The van der Waals surface area contributed by atoms with Crippen LogP contribution in [0.2, 0.25) is 0 Å². The zero-order valence-corrected chi connectivity index (χ0v) is 18.8. The molecule has 0 saturated heterocycles. The Kier molecular flexibility index (Phi) is 12.6. The lowest BCUT2D eigenvalue weighted by atomic mass is 10.1. The van der Waals surface area contributed by atoms with E-state index in [9.17, 15) is 29.1 Å². The van der Waals surface area contributed by atoms with Crippen LogP contribution >= 0.6 is 0 Å². The number of aliphatic carboxylic acids is 3. The highest BCUT2D eigenvalue weighted by Crippen LogP contribution is 2.17. The van der Waals surface area contributed by atoms with E-state index in [0.717, 1.165) is 0 Å². The van der Waals surface area contributed by atoms with Gasteiger partial charge in [0, 0.05) is 24.7 Å². The number of nitrogens with one attached hydrogen (secondary N) is 4. The van der Waals surface area contributed by atoms with Gasteiger partial charge in [-0.3, -0.25) is 4.79 Å². The lowest BCUT2D eigenvalue weighted by Crippen LogP contribution is -2.51. The maximum Gasteiger partial charge on any atom is 0.326 e. The normalized spacial score (nSPS) is 11.7. The smallest absolute Gasteiger partial charge is 0.326 e. The number of anilines is 1. The van der Waals surface area contributed by atoms with Crippen LogP contribution in [0, 0.1) is 12.3 Å². The Hall–Kier alpha value is -4.47. The number of terminal acetylenes is 1. The molecule has 4 amide bonds. The summed E-state index contributed by atoms with van der Waals surface area (Å²) in [5.41, 5.74) is 0.487. The molecule has 1 aromatic rings. The van der Waals surface area contributed by atoms with Crippen molar-refractivity contribution in [3.63, 3.8) is 0 Å². The lowest BCUT2D eigenvalue weighted by molar-refractivity contribution is -0.140. The molecule has 0 aliphatic rings. The number of ether oxygens (including phenoxy) is 1. The van der Waals surface area contributed by atoms with Gasteiger partial charge in [-0.2, -0.15) is 0 Å². The molecule has 1 unspecified atom stereocenters. The molecule has 0 radical (unpaired) electrons. The minimum atomic E-state index is -1.48. The summed E-state index contributed by atoms with van der Waals surface area (Å²) in [6.07, 6.45) is 5.05. The van der Waals surface area contributed by atoms with E-state index in [1.807, 2.05) is 0 Å². The van der Waals surface area contributed by atoms with Crippen molar-refractivity contribution in [3.8, 4) is 18.1 Å². The summed E-state index contributed by atoms with van der Waals surface area (Å²) < 4.78 is 5.27. The van der Waals surface area contributed by atoms with Gasteiger partial charge in [-0.05, 0) is 37.8 Å². The minimum absolute atomic E-state index is 0.0213. The van der Waals surface area contributed by atoms with Crippen LogP contribution in [0.4, 0.5) is 15.3 Å². The van der Waals surface area contributed by atoms with Gasteiger partial charge in [0.05, 0.1) is 0 Å². The fraction of sp³-hybridized carbons (Fsp3) is 0.409. The number of unbranched alkanes of at least 4 members (excludes halogenated alkanes) is 1. The third-order valence-electron chi connectivity index (χ3n) is 4.47. The zero-order chi connectivity index (χ0) is 26.2. The maximum atomic E-state index is 12.0. The fourth-order valence-electron chi connectivity index (χ4n) is 2.78. The molecule has 35 heavy (non-hydrogen) atoms. The van der Waals surface area contributed by atoms with E-state index >= 15 is 0 Å². The molecule has 2 atom stereocenters. The summed E-state index contributed by atoms with van der Waals surface area (Å²) in [4.78, 5) is 57.1. The second kappa shape index (κ2) is 15.4. The maximum absolute atomic E-state index is 12.0. The average Bonchev–Trinajstić information content (AvgIpc) is 2.79. The Morgan fingerprint density at radius 3 is 2.20 bits per heavy atom. The molecule has 13 nitrogen and oxygen atoms in total. The summed E-state index contributed by atoms with van der Waals surface area (Å²) in [5.74, 6) is -1.17. The minimum Gasteiger partial charge on any atom is -0.481 e. The Morgan fingerprint density at radius 1 is 0.943 bits per heavy atom. The first-order chi connectivity index (χ1) is 16.6. The van der Waals surface area contributed by atoms with Crippen LogP contribution < -0.4 is 26.0 Å². The molecule has 0 heterocycles. The fourth-order valence-corrected chi connectivity index (χ4v) is 2.78. The SMILES string of the molecule is C#CCOc1cccc(NC(=O)NCCCCC(NC(=O)N[C@@H](CCC(=O)O)C(=O)O)C(=O)O)c1. The van der Waals surface area contributed by atoms with Gasteiger partial charge in [0.15, 0.2) is 0 Å². The zero-order valence-electron chi connectivity index (χ0n) is 18.8. The molecule has 7 N–H and O–H groups in total. The molecule has 0 spiro atoms. The second-order valence-electron chi connectivity index (χ2n) is 7.23. The summed E-state index contributed by atoms with van der Waals surface area (Å²) in [7, 11) is 0. The topological polar surface area (TPSA) is 203 Å². The number of hydrogen-bond donors (Lipinski definition) is 7. The van der Waals surface area contributed by atoms with Gasteiger partial charge in [0.25, 0.3) is 0 Å². The van der Waals surface area contributed by atoms with Crippen LogP contribution in [-0.4, -0.2) is 70.5 Å². The summed E-state index contributed by atoms with van der Waals surface area (Å²) >= 11 is 0. The lowest BCUT2D eigenvalue weighted by Gasteiger charge is -2.18. The highest BCUT2D eigenvalue weighted by atomic mass is 16.5. The van der Waals surface area contributed by atoms with Gasteiger partial charge in [0.2, 0.25) is 0 Å². The first-order valence-electron chi connectivity index (χ1n) is 10.6. The Morgan fingerprint density at radius 2 is 1.60 bits per heavy atom. The molecule has 190 valence electrons. The molecule has 0 fully saturated rings. The van der Waals surface area contributed by atoms with E-state index in [1.54, 1.807) is 24.3 Å². The number of carboxylic acids is 3. The number of hydrogen-bond acceptors (Lipinski definition) is 6. The van der Waals surface area contributed by atoms with Crippen LogP contribution in [-0.2, 0) is 14.4 Å². The summed E-state index contributed by atoms with van der Waals surface area (Å²) in [5, 5.41) is 36.4. The van der Waals surface area contributed by atoms with Crippen molar-refractivity contribution in [2.24, 2.45) is 0 Å². The average molecular weight is 492 g/mol. The molecule has 13 heteroatoms. The summed E-state index contributed by atoms with van der Waals surface area (Å²) in [6.45, 7) is 0.322. The molecule has 0 bridgehead atoms. The first kappa shape index (κ1) is 28.6. The van der Waals surface area contributed by atoms with E-state index in [2.05, 4.69) is 27.2 Å². The molecule has 0 aromatic heterocycles. The van der Waals surface area contributed by atoms with E-state index in [0.29, 0.717) is 24.3 Å². The third kappa shape index (κ3) is 12.4. The summed E-state index contributed by atoms with van der Waals surface area (Å²) in [6, 6.07) is 2.33. The van der Waals surface area contributed by atoms with Crippen molar-refractivity contribution in [1.29, 1.82) is 0 Å².